The van der Waals surface area contributed by atoms with Crippen LogP contribution in [0.3, 0.4) is 0 Å². The summed E-state index contributed by atoms with van der Waals surface area (Å²) in [5, 5.41) is 0.512. The van der Waals surface area contributed by atoms with Gasteiger partial charge in [0.05, 0.1) is 5.75 Å². The van der Waals surface area contributed by atoms with E-state index >= 15 is 0 Å². The summed E-state index contributed by atoms with van der Waals surface area (Å²) in [6.45, 7) is 6.01. The zero-order chi connectivity index (χ0) is 15.9. The fraction of sp³-hybridized carbons (Fsp3) is 0.188. The molecule has 1 aromatic carbocycles. The summed E-state index contributed by atoms with van der Waals surface area (Å²) in [7, 11) is 0. The third-order valence-corrected chi connectivity index (χ3v) is 3.69. The van der Waals surface area contributed by atoms with E-state index in [0.717, 1.165) is 11.4 Å². The van der Waals surface area contributed by atoms with Crippen LogP contribution in [0.4, 0.5) is 11.5 Å². The van der Waals surface area contributed by atoms with E-state index < -0.39 is 0 Å². The van der Waals surface area contributed by atoms with E-state index in [4.69, 9.17) is 5.73 Å². The van der Waals surface area contributed by atoms with Crippen LogP contribution >= 0.6 is 11.8 Å². The molecule has 0 radical (unpaired) electrons. The van der Waals surface area contributed by atoms with Crippen molar-refractivity contribution in [3.05, 3.63) is 54.7 Å². The largest absolute Gasteiger partial charge is 0.384 e. The molecule has 2 rings (SSSR count). The van der Waals surface area contributed by atoms with Crippen LogP contribution in [0, 0.1) is 6.92 Å². The van der Waals surface area contributed by atoms with Crippen LogP contribution in [-0.2, 0) is 4.79 Å². The molecule has 0 saturated heterocycles. The smallest absolute Gasteiger partial charge is 0.237 e. The number of nitrogens with two attached hydrogens (primary N) is 1. The number of nitrogen functional groups attached to an aromatic ring is 1. The number of para-hydroxylation sites is 1. The van der Waals surface area contributed by atoms with E-state index in [1.807, 2.05) is 37.3 Å². The second-order valence-electron chi connectivity index (χ2n) is 4.63. The second kappa shape index (κ2) is 7.61. The quantitative estimate of drug-likeness (QED) is 0.504. The minimum Gasteiger partial charge on any atom is -0.384 e. The van der Waals surface area contributed by atoms with E-state index in [2.05, 4.69) is 16.5 Å². The van der Waals surface area contributed by atoms with Crippen LogP contribution in [0.25, 0.3) is 0 Å². The molecule has 2 aromatic rings. The van der Waals surface area contributed by atoms with Crippen LogP contribution in [0.5, 0.6) is 0 Å². The predicted molar refractivity (Wildman–Crippen MR) is 90.9 cm³/mol. The monoisotopic (exact) mass is 314 g/mol. The van der Waals surface area contributed by atoms with Gasteiger partial charge in [-0.25, -0.2) is 9.97 Å². The van der Waals surface area contributed by atoms with Crippen LogP contribution in [-0.4, -0.2) is 28.2 Å². The highest BCUT2D eigenvalue weighted by Crippen LogP contribution is 2.19. The highest BCUT2D eigenvalue weighted by molar-refractivity contribution is 7.99. The normalized spacial score (nSPS) is 10.2. The van der Waals surface area contributed by atoms with Gasteiger partial charge >= 0.3 is 0 Å². The first-order chi connectivity index (χ1) is 10.6. The lowest BCUT2D eigenvalue weighted by molar-refractivity contribution is -0.116. The number of hydrogen-bond donors (Lipinski definition) is 1. The van der Waals surface area contributed by atoms with Gasteiger partial charge in [-0.2, -0.15) is 0 Å². The van der Waals surface area contributed by atoms with Crippen molar-refractivity contribution in [3.8, 4) is 0 Å². The molecule has 0 saturated carbocycles. The molecule has 0 aliphatic carbocycles. The van der Waals surface area contributed by atoms with Crippen molar-refractivity contribution in [2.24, 2.45) is 0 Å². The lowest BCUT2D eigenvalue weighted by Gasteiger charge is -2.20. The summed E-state index contributed by atoms with van der Waals surface area (Å²) in [6.07, 6.45) is 1.71. The summed E-state index contributed by atoms with van der Waals surface area (Å²) < 4.78 is 0. The summed E-state index contributed by atoms with van der Waals surface area (Å²) in [6, 6.07) is 11.2. The number of carbonyl (C=O) groups excluding carboxylic acids is 1. The molecule has 5 nitrogen and oxygen atoms in total. The first-order valence-corrected chi connectivity index (χ1v) is 7.79. The molecule has 0 spiro atoms. The predicted octanol–water partition coefficient (Wildman–Crippen LogP) is 2.68. The number of thioether (sulfide) groups is 1. The van der Waals surface area contributed by atoms with E-state index in [-0.39, 0.29) is 11.7 Å². The Balaban J connectivity index is 2.07. The Kier molecular flexibility index (Phi) is 5.55. The molecule has 0 unspecified atom stereocenters. The molecule has 0 atom stereocenters. The van der Waals surface area contributed by atoms with E-state index in [9.17, 15) is 4.79 Å². The Morgan fingerprint density at radius 2 is 2.09 bits per heavy atom. The number of nitrogens with zero attached hydrogens (tertiary/aromatic N) is 3. The number of aromatic nitrogens is 2. The van der Waals surface area contributed by atoms with Crippen molar-refractivity contribution in [1.29, 1.82) is 0 Å². The van der Waals surface area contributed by atoms with Gasteiger partial charge in [0.25, 0.3) is 0 Å². The van der Waals surface area contributed by atoms with Crippen molar-refractivity contribution < 1.29 is 4.79 Å². The topological polar surface area (TPSA) is 72.1 Å². The van der Waals surface area contributed by atoms with Crippen molar-refractivity contribution in [2.75, 3.05) is 22.9 Å². The molecule has 0 bridgehead atoms. The van der Waals surface area contributed by atoms with Gasteiger partial charge in [-0.05, 0) is 19.1 Å². The molecular formula is C16H18N4OS. The zero-order valence-corrected chi connectivity index (χ0v) is 13.2. The molecule has 2 N–H and O–H groups in total. The maximum atomic E-state index is 12.4. The fourth-order valence-electron chi connectivity index (χ4n) is 1.92. The fourth-order valence-corrected chi connectivity index (χ4v) is 2.71. The van der Waals surface area contributed by atoms with Gasteiger partial charge in [0.2, 0.25) is 5.91 Å². The Labute approximate surface area is 134 Å². The van der Waals surface area contributed by atoms with Crippen molar-refractivity contribution in [1.82, 2.24) is 9.97 Å². The average Bonchev–Trinajstić information content (AvgIpc) is 2.50. The molecule has 6 heteroatoms. The third-order valence-electron chi connectivity index (χ3n) is 2.86. The van der Waals surface area contributed by atoms with Crippen molar-refractivity contribution in [2.45, 2.75) is 12.1 Å². The van der Waals surface area contributed by atoms with E-state index in [0.29, 0.717) is 17.5 Å². The summed E-state index contributed by atoms with van der Waals surface area (Å²) in [5.41, 5.74) is 7.32. The lowest BCUT2D eigenvalue weighted by Crippen LogP contribution is -2.32. The molecule has 0 fully saturated rings. The first kappa shape index (κ1) is 16.0. The molecule has 0 aliphatic heterocycles. The highest BCUT2D eigenvalue weighted by atomic mass is 32.2. The molecule has 1 amide bonds. The van der Waals surface area contributed by atoms with Gasteiger partial charge in [0.1, 0.15) is 5.82 Å². The minimum absolute atomic E-state index is 0.0280. The van der Waals surface area contributed by atoms with Gasteiger partial charge in [-0.1, -0.05) is 36.0 Å². The maximum Gasteiger partial charge on any atom is 0.237 e. The van der Waals surface area contributed by atoms with Gasteiger partial charge < -0.3 is 10.6 Å². The zero-order valence-electron chi connectivity index (χ0n) is 12.4. The van der Waals surface area contributed by atoms with Crippen LogP contribution in [0.2, 0.25) is 0 Å². The number of aryl methyl sites for hydroxylation is 1. The number of hydrogen-bond acceptors (Lipinski definition) is 5. The molecular weight excluding hydrogens is 296 g/mol. The van der Waals surface area contributed by atoms with Crippen LogP contribution in [0.1, 0.15) is 5.69 Å². The van der Waals surface area contributed by atoms with Gasteiger partial charge in [0, 0.05) is 24.0 Å². The second-order valence-corrected chi connectivity index (χ2v) is 5.58. The SMILES string of the molecule is C=CCN(C(=O)CSc1nc(C)cc(N)n1)c1ccccc1. The number of anilines is 2. The van der Waals surface area contributed by atoms with Crippen LogP contribution in [0.15, 0.2) is 54.2 Å². The molecule has 0 aliphatic rings. The summed E-state index contributed by atoms with van der Waals surface area (Å²) in [4.78, 5) is 22.5. The third kappa shape index (κ3) is 4.33. The Morgan fingerprint density at radius 3 is 2.73 bits per heavy atom. The summed E-state index contributed by atoms with van der Waals surface area (Å²) >= 11 is 1.28. The number of amides is 1. The van der Waals surface area contributed by atoms with Gasteiger partial charge in [0.15, 0.2) is 5.16 Å². The molecule has 114 valence electrons. The Morgan fingerprint density at radius 1 is 1.36 bits per heavy atom. The number of benzene rings is 1. The number of carbonyl (C=O) groups is 1. The van der Waals surface area contributed by atoms with E-state index in [1.165, 1.54) is 11.8 Å². The van der Waals surface area contributed by atoms with Gasteiger partial charge in [-0.3, -0.25) is 4.79 Å². The molecule has 1 heterocycles. The van der Waals surface area contributed by atoms with E-state index in [1.54, 1.807) is 17.0 Å². The highest BCUT2D eigenvalue weighted by Gasteiger charge is 2.15. The minimum atomic E-state index is -0.0280. The average molecular weight is 314 g/mol. The van der Waals surface area contributed by atoms with Crippen molar-refractivity contribution in [3.63, 3.8) is 0 Å². The molecule has 1 aromatic heterocycles. The first-order valence-electron chi connectivity index (χ1n) is 6.80. The maximum absolute atomic E-state index is 12.4. The Hall–Kier alpha value is -2.34. The van der Waals surface area contributed by atoms with Crippen LogP contribution < -0.4 is 10.6 Å². The Bertz CT molecular complexity index is 640. The molecule has 22 heavy (non-hydrogen) atoms. The van der Waals surface area contributed by atoms with Gasteiger partial charge in [-0.15, -0.1) is 6.58 Å². The van der Waals surface area contributed by atoms with Crippen molar-refractivity contribution >= 4 is 29.2 Å². The lowest BCUT2D eigenvalue weighted by atomic mass is 10.3. The summed E-state index contributed by atoms with van der Waals surface area (Å²) in [5.74, 6) is 0.624. The number of rotatable bonds is 6. The standard InChI is InChI=1S/C16H18N4OS/c1-3-9-20(13-7-5-4-6-8-13)15(21)11-22-16-18-12(2)10-14(17)19-16/h3-8,10H,1,9,11H2,2H3,(H2,17,18,19).